The zero-order valence-corrected chi connectivity index (χ0v) is 13.1. The van der Waals surface area contributed by atoms with E-state index in [1.807, 2.05) is 12.1 Å². The Morgan fingerprint density at radius 2 is 2.09 bits per heavy atom. The van der Waals surface area contributed by atoms with Crippen LogP contribution in [0.3, 0.4) is 0 Å². The van der Waals surface area contributed by atoms with Crippen molar-refractivity contribution < 1.29 is 17.9 Å². The number of nitrogens with zero attached hydrogens (tertiary/aromatic N) is 1. The molecule has 0 unspecified atom stereocenters. The minimum Gasteiger partial charge on any atom is -0.496 e. The number of carbonyl (C=O) groups is 1. The van der Waals surface area contributed by atoms with Gasteiger partial charge in [-0.1, -0.05) is 12.1 Å². The first-order valence-corrected chi connectivity index (χ1v) is 8.29. The first-order valence-electron chi connectivity index (χ1n) is 6.80. The fraction of sp³-hybridized carbons (Fsp3) is 0.125. The molecule has 0 spiro atoms. The number of nitrogens with two attached hydrogens (primary N) is 1. The molecule has 7 heteroatoms. The Morgan fingerprint density at radius 3 is 2.70 bits per heavy atom. The number of hydrogen-bond donors (Lipinski definition) is 1. The highest BCUT2D eigenvalue weighted by atomic mass is 32.2. The van der Waals surface area contributed by atoms with Crippen LogP contribution in [0.25, 0.3) is 6.08 Å². The van der Waals surface area contributed by atoms with Crippen molar-refractivity contribution in [3.05, 3.63) is 58.3 Å². The predicted octanol–water partition coefficient (Wildman–Crippen LogP) is 1.29. The molecule has 1 aliphatic heterocycles. The van der Waals surface area contributed by atoms with E-state index in [0.717, 1.165) is 11.1 Å². The van der Waals surface area contributed by atoms with E-state index in [4.69, 9.17) is 10.5 Å². The number of pyridine rings is 1. The van der Waals surface area contributed by atoms with Crippen molar-refractivity contribution >= 4 is 21.8 Å². The van der Waals surface area contributed by atoms with Crippen LogP contribution in [0.15, 0.2) is 46.5 Å². The van der Waals surface area contributed by atoms with Gasteiger partial charge in [-0.25, -0.2) is 8.42 Å². The second kappa shape index (κ2) is 5.51. The molecule has 1 aromatic heterocycles. The molecule has 2 aromatic rings. The molecule has 1 amide bonds. The number of sulfone groups is 1. The maximum Gasteiger partial charge on any atom is 0.260 e. The molecular weight excluding hydrogens is 316 g/mol. The Labute approximate surface area is 133 Å². The molecule has 0 saturated carbocycles. The van der Waals surface area contributed by atoms with Crippen LogP contribution in [0.4, 0.5) is 0 Å². The van der Waals surface area contributed by atoms with Gasteiger partial charge in [-0.15, -0.1) is 0 Å². The van der Waals surface area contributed by atoms with Crippen LogP contribution >= 0.6 is 0 Å². The molecule has 3 rings (SSSR count). The third-order valence-corrected chi connectivity index (χ3v) is 5.49. The molecule has 1 aromatic carbocycles. The number of aromatic nitrogens is 1. The summed E-state index contributed by atoms with van der Waals surface area (Å²) in [4.78, 5) is 15.1. The average Bonchev–Trinajstić information content (AvgIpc) is 2.79. The summed E-state index contributed by atoms with van der Waals surface area (Å²) in [7, 11) is -2.41. The maximum atomic E-state index is 12.3. The van der Waals surface area contributed by atoms with Crippen LogP contribution < -0.4 is 10.5 Å². The number of carbonyl (C=O) groups excluding carboxylic acids is 1. The minimum absolute atomic E-state index is 0.0399. The first kappa shape index (κ1) is 15.2. The lowest BCUT2D eigenvalue weighted by molar-refractivity contribution is -0.113. The van der Waals surface area contributed by atoms with Gasteiger partial charge in [0.2, 0.25) is 9.84 Å². The molecule has 0 radical (unpaired) electrons. The van der Waals surface area contributed by atoms with E-state index >= 15 is 0 Å². The summed E-state index contributed by atoms with van der Waals surface area (Å²) in [6.45, 7) is 0. The Morgan fingerprint density at radius 1 is 1.30 bits per heavy atom. The molecule has 2 heterocycles. The molecule has 118 valence electrons. The number of amides is 1. The van der Waals surface area contributed by atoms with Gasteiger partial charge in [0.25, 0.3) is 5.91 Å². The summed E-state index contributed by atoms with van der Waals surface area (Å²) in [5.74, 6) is -0.553. The molecule has 0 aliphatic carbocycles. The topological polar surface area (TPSA) is 99.3 Å². The van der Waals surface area contributed by atoms with Crippen LogP contribution in [0.1, 0.15) is 16.7 Å². The lowest BCUT2D eigenvalue weighted by Gasteiger charge is -2.12. The lowest BCUT2D eigenvalue weighted by Crippen LogP contribution is -2.18. The van der Waals surface area contributed by atoms with Gasteiger partial charge in [-0.2, -0.15) is 0 Å². The second-order valence-corrected chi connectivity index (χ2v) is 6.97. The highest BCUT2D eigenvalue weighted by molar-refractivity contribution is 7.96. The Kier molecular flexibility index (Phi) is 3.65. The molecule has 23 heavy (non-hydrogen) atoms. The van der Waals surface area contributed by atoms with Crippen molar-refractivity contribution in [2.24, 2.45) is 5.73 Å². The van der Waals surface area contributed by atoms with E-state index in [1.165, 1.54) is 19.3 Å². The molecule has 2 N–H and O–H groups in total. The van der Waals surface area contributed by atoms with Crippen molar-refractivity contribution in [2.45, 2.75) is 11.3 Å². The van der Waals surface area contributed by atoms with E-state index in [1.54, 1.807) is 18.5 Å². The first-order chi connectivity index (χ1) is 10.9. The zero-order chi connectivity index (χ0) is 16.6. The Bertz CT molecular complexity index is 919. The lowest BCUT2D eigenvalue weighted by atomic mass is 10.0. The van der Waals surface area contributed by atoms with Crippen molar-refractivity contribution in [1.82, 2.24) is 4.98 Å². The SMILES string of the molecule is COc1c(Cc2cccnc2)ccc2c1C=C(C(N)=O)S2(=O)=O. The Hall–Kier alpha value is -2.67. The van der Waals surface area contributed by atoms with Gasteiger partial charge < -0.3 is 10.5 Å². The smallest absolute Gasteiger partial charge is 0.260 e. The predicted molar refractivity (Wildman–Crippen MR) is 84.4 cm³/mol. The average molecular weight is 330 g/mol. The van der Waals surface area contributed by atoms with E-state index in [9.17, 15) is 13.2 Å². The standard InChI is InChI=1S/C16H14N2O4S/c1-22-15-11(7-10-3-2-6-18-9-10)4-5-13-12(15)8-14(16(17)19)23(13,20)21/h2-6,8-9H,7H2,1H3,(H2,17,19). The maximum absolute atomic E-state index is 12.3. The van der Waals surface area contributed by atoms with Crippen LogP contribution in [-0.2, 0) is 21.1 Å². The third-order valence-electron chi connectivity index (χ3n) is 3.66. The zero-order valence-electron chi connectivity index (χ0n) is 12.3. The molecule has 0 bridgehead atoms. The highest BCUT2D eigenvalue weighted by Gasteiger charge is 2.35. The number of methoxy groups -OCH3 is 1. The van der Waals surface area contributed by atoms with Gasteiger partial charge in [0.15, 0.2) is 0 Å². The van der Waals surface area contributed by atoms with Crippen molar-refractivity contribution in [2.75, 3.05) is 7.11 Å². The fourth-order valence-corrected chi connectivity index (χ4v) is 4.09. The minimum atomic E-state index is -3.87. The molecule has 0 fully saturated rings. The summed E-state index contributed by atoms with van der Waals surface area (Å²) in [6.07, 6.45) is 5.22. The van der Waals surface area contributed by atoms with E-state index in [-0.39, 0.29) is 4.90 Å². The summed E-state index contributed by atoms with van der Waals surface area (Å²) in [5, 5.41) is 0. The summed E-state index contributed by atoms with van der Waals surface area (Å²) < 4.78 is 30.1. The van der Waals surface area contributed by atoms with Crippen LogP contribution in [0, 0.1) is 0 Å². The fourth-order valence-electron chi connectivity index (χ4n) is 2.63. The summed E-state index contributed by atoms with van der Waals surface area (Å²) in [6, 6.07) is 6.90. The third kappa shape index (κ3) is 2.49. The largest absolute Gasteiger partial charge is 0.496 e. The number of rotatable bonds is 4. The molecule has 6 nitrogen and oxygen atoms in total. The number of ether oxygens (including phenoxy) is 1. The molecular formula is C16H14N2O4S. The summed E-state index contributed by atoms with van der Waals surface area (Å²) in [5.41, 5.74) is 7.30. The monoisotopic (exact) mass is 330 g/mol. The van der Waals surface area contributed by atoms with Gasteiger partial charge in [0.1, 0.15) is 10.7 Å². The van der Waals surface area contributed by atoms with Crippen LogP contribution in [0.2, 0.25) is 0 Å². The van der Waals surface area contributed by atoms with Gasteiger partial charge in [-0.05, 0) is 29.3 Å². The van der Waals surface area contributed by atoms with Gasteiger partial charge in [0, 0.05) is 24.4 Å². The molecule has 0 saturated heterocycles. The van der Waals surface area contributed by atoms with Gasteiger partial charge in [0.05, 0.1) is 12.0 Å². The highest BCUT2D eigenvalue weighted by Crippen LogP contribution is 2.40. The van der Waals surface area contributed by atoms with Crippen molar-refractivity contribution in [3.8, 4) is 5.75 Å². The van der Waals surface area contributed by atoms with Crippen LogP contribution in [0.5, 0.6) is 5.75 Å². The second-order valence-electron chi connectivity index (χ2n) is 5.08. The van der Waals surface area contributed by atoms with Crippen molar-refractivity contribution in [1.29, 1.82) is 0 Å². The van der Waals surface area contributed by atoms with E-state index < -0.39 is 20.6 Å². The number of benzene rings is 1. The number of primary amides is 1. The van der Waals surface area contributed by atoms with Crippen molar-refractivity contribution in [3.63, 3.8) is 0 Å². The normalized spacial score (nSPS) is 14.9. The van der Waals surface area contributed by atoms with E-state index in [0.29, 0.717) is 17.7 Å². The molecule has 0 atom stereocenters. The summed E-state index contributed by atoms with van der Waals surface area (Å²) >= 11 is 0. The molecule has 1 aliphatic rings. The quantitative estimate of drug-likeness (QED) is 0.911. The van der Waals surface area contributed by atoms with Gasteiger partial charge >= 0.3 is 0 Å². The number of hydrogen-bond acceptors (Lipinski definition) is 5. The van der Waals surface area contributed by atoms with E-state index in [2.05, 4.69) is 4.98 Å². The van der Waals surface area contributed by atoms with Gasteiger partial charge in [-0.3, -0.25) is 9.78 Å². The Balaban J connectivity index is 2.14. The van der Waals surface area contributed by atoms with Crippen LogP contribution in [-0.4, -0.2) is 26.4 Å². The number of fused-ring (bicyclic) bond motifs is 1.